The van der Waals surface area contributed by atoms with Crippen LogP contribution in [0.5, 0.6) is 11.5 Å². The number of hydrogen-bond donors (Lipinski definition) is 2. The molecule has 1 aromatic carbocycles. The summed E-state index contributed by atoms with van der Waals surface area (Å²) >= 11 is 0. The van der Waals surface area contributed by atoms with Crippen molar-refractivity contribution in [2.45, 2.75) is 50.6 Å². The van der Waals surface area contributed by atoms with Crippen LogP contribution in [0.4, 0.5) is 5.69 Å². The smallest absolute Gasteiger partial charge is 0.243 e. The largest absolute Gasteiger partial charge is 0.486 e. The number of amides is 1. The van der Waals surface area contributed by atoms with Gasteiger partial charge in [0.1, 0.15) is 24.8 Å². The topological polar surface area (TPSA) is 83.4 Å². The minimum Gasteiger partial charge on any atom is -0.486 e. The molecule has 0 bridgehead atoms. The minimum atomic E-state index is -0.710. The van der Waals surface area contributed by atoms with E-state index in [0.29, 0.717) is 19.0 Å². The lowest BCUT2D eigenvalue weighted by Gasteiger charge is -2.32. The first-order chi connectivity index (χ1) is 11.6. The van der Waals surface area contributed by atoms with Gasteiger partial charge in [0.25, 0.3) is 0 Å². The van der Waals surface area contributed by atoms with Gasteiger partial charge in [-0.05, 0) is 31.9 Å². The number of hydrogen-bond acceptors (Lipinski definition) is 5. The summed E-state index contributed by atoms with van der Waals surface area (Å²) < 4.78 is 11.0. The molecule has 0 saturated heterocycles. The van der Waals surface area contributed by atoms with Crippen molar-refractivity contribution in [3.63, 3.8) is 0 Å². The number of benzene rings is 1. The van der Waals surface area contributed by atoms with Gasteiger partial charge < -0.3 is 20.1 Å². The summed E-state index contributed by atoms with van der Waals surface area (Å²) in [5.74, 6) is 1.24. The summed E-state index contributed by atoms with van der Waals surface area (Å²) in [5, 5.41) is 15.6. The number of fused-ring (bicyclic) bond motifs is 1. The number of nitrogens with zero attached hydrogens (tertiary/aromatic N) is 1. The monoisotopic (exact) mass is 329 g/mol. The molecule has 2 aliphatic rings. The van der Waals surface area contributed by atoms with Crippen LogP contribution < -0.4 is 20.1 Å². The van der Waals surface area contributed by atoms with E-state index in [1.807, 2.05) is 18.2 Å². The Morgan fingerprint density at radius 3 is 2.62 bits per heavy atom. The molecule has 1 aromatic rings. The third-order valence-corrected chi connectivity index (χ3v) is 4.60. The van der Waals surface area contributed by atoms with E-state index in [0.717, 1.165) is 43.5 Å². The molecule has 1 aliphatic heterocycles. The zero-order valence-electron chi connectivity index (χ0n) is 13.9. The molecule has 3 rings (SSSR count). The molecule has 1 aliphatic carbocycles. The predicted molar refractivity (Wildman–Crippen MR) is 90.1 cm³/mol. The van der Waals surface area contributed by atoms with E-state index in [1.54, 1.807) is 6.92 Å². The Balaban J connectivity index is 1.63. The van der Waals surface area contributed by atoms with Crippen LogP contribution in [0.3, 0.4) is 0 Å². The van der Waals surface area contributed by atoms with Crippen molar-refractivity contribution in [1.29, 1.82) is 5.26 Å². The maximum absolute atomic E-state index is 12.5. The number of rotatable bonds is 4. The van der Waals surface area contributed by atoms with Gasteiger partial charge in [0.15, 0.2) is 11.5 Å². The molecular formula is C18H23N3O3. The van der Waals surface area contributed by atoms with Gasteiger partial charge in [-0.3, -0.25) is 4.79 Å². The van der Waals surface area contributed by atoms with Crippen LogP contribution in [0.25, 0.3) is 0 Å². The first-order valence-electron chi connectivity index (χ1n) is 8.51. The van der Waals surface area contributed by atoms with E-state index in [2.05, 4.69) is 16.7 Å². The molecule has 0 unspecified atom stereocenters. The van der Waals surface area contributed by atoms with Crippen LogP contribution in [0.2, 0.25) is 0 Å². The highest BCUT2D eigenvalue weighted by Crippen LogP contribution is 2.33. The van der Waals surface area contributed by atoms with E-state index in [-0.39, 0.29) is 5.91 Å². The van der Waals surface area contributed by atoms with E-state index < -0.39 is 11.6 Å². The summed E-state index contributed by atoms with van der Waals surface area (Å²) in [7, 11) is 0. The third kappa shape index (κ3) is 3.56. The predicted octanol–water partition coefficient (Wildman–Crippen LogP) is 2.60. The fourth-order valence-electron chi connectivity index (χ4n) is 3.21. The minimum absolute atomic E-state index is 0.159. The van der Waals surface area contributed by atoms with Crippen molar-refractivity contribution in [2.24, 2.45) is 0 Å². The average molecular weight is 329 g/mol. The molecule has 24 heavy (non-hydrogen) atoms. The van der Waals surface area contributed by atoms with Crippen LogP contribution in [-0.2, 0) is 4.79 Å². The summed E-state index contributed by atoms with van der Waals surface area (Å²) in [4.78, 5) is 12.5. The molecule has 0 aromatic heterocycles. The molecule has 1 amide bonds. The van der Waals surface area contributed by atoms with Crippen molar-refractivity contribution in [2.75, 3.05) is 18.5 Å². The van der Waals surface area contributed by atoms with E-state index in [9.17, 15) is 10.1 Å². The van der Waals surface area contributed by atoms with Crippen molar-refractivity contribution in [3.05, 3.63) is 18.2 Å². The first-order valence-corrected chi connectivity index (χ1v) is 8.51. The summed E-state index contributed by atoms with van der Waals surface area (Å²) in [5.41, 5.74) is 0.0782. The van der Waals surface area contributed by atoms with Gasteiger partial charge in [0.05, 0.1) is 6.07 Å². The van der Waals surface area contributed by atoms with E-state index in [4.69, 9.17) is 9.47 Å². The fraction of sp³-hybridized carbons (Fsp3) is 0.556. The zero-order valence-corrected chi connectivity index (χ0v) is 13.9. The second kappa shape index (κ2) is 7.00. The Bertz CT molecular complexity index is 647. The SMILES string of the molecule is C[C@@H](Nc1ccc2c(c1)OCCO2)C(=O)NC1(C#N)CCCCC1. The lowest BCUT2D eigenvalue weighted by molar-refractivity contribution is -0.123. The second-order valence-electron chi connectivity index (χ2n) is 6.47. The third-order valence-electron chi connectivity index (χ3n) is 4.60. The molecule has 0 radical (unpaired) electrons. The molecule has 1 saturated carbocycles. The first kappa shape index (κ1) is 16.4. The van der Waals surface area contributed by atoms with Gasteiger partial charge in [-0.15, -0.1) is 0 Å². The Kier molecular flexibility index (Phi) is 4.79. The van der Waals surface area contributed by atoms with Crippen LogP contribution in [0, 0.1) is 11.3 Å². The van der Waals surface area contributed by atoms with Gasteiger partial charge in [-0.25, -0.2) is 0 Å². The van der Waals surface area contributed by atoms with E-state index >= 15 is 0 Å². The number of nitriles is 1. The van der Waals surface area contributed by atoms with Crippen LogP contribution in [0.1, 0.15) is 39.0 Å². The number of carbonyl (C=O) groups is 1. The Hall–Kier alpha value is -2.42. The van der Waals surface area contributed by atoms with Crippen molar-refractivity contribution in [1.82, 2.24) is 5.32 Å². The highest BCUT2D eigenvalue weighted by molar-refractivity contribution is 5.85. The van der Waals surface area contributed by atoms with Gasteiger partial charge in [-0.2, -0.15) is 5.26 Å². The summed E-state index contributed by atoms with van der Waals surface area (Å²) in [6.07, 6.45) is 4.55. The van der Waals surface area contributed by atoms with Gasteiger partial charge in [-0.1, -0.05) is 19.3 Å². The van der Waals surface area contributed by atoms with Crippen LogP contribution in [-0.4, -0.2) is 30.7 Å². The van der Waals surface area contributed by atoms with Crippen molar-refractivity contribution >= 4 is 11.6 Å². The second-order valence-corrected chi connectivity index (χ2v) is 6.47. The van der Waals surface area contributed by atoms with Gasteiger partial charge in [0.2, 0.25) is 5.91 Å². The fourth-order valence-corrected chi connectivity index (χ4v) is 3.21. The molecule has 1 heterocycles. The quantitative estimate of drug-likeness (QED) is 0.887. The van der Waals surface area contributed by atoms with Crippen LogP contribution in [0.15, 0.2) is 18.2 Å². The molecule has 6 heteroatoms. The standard InChI is InChI=1S/C18H23N3O3/c1-13(17(22)21-18(12-19)7-3-2-4-8-18)20-14-5-6-15-16(11-14)24-10-9-23-15/h5-6,11,13,20H,2-4,7-10H2,1H3,(H,21,22)/t13-/m1/s1. The summed E-state index contributed by atoms with van der Waals surface area (Å²) in [6, 6.07) is 7.39. The highest BCUT2D eigenvalue weighted by atomic mass is 16.6. The van der Waals surface area contributed by atoms with Crippen LogP contribution >= 0.6 is 0 Å². The average Bonchev–Trinajstić information content (AvgIpc) is 2.62. The highest BCUT2D eigenvalue weighted by Gasteiger charge is 2.34. The lowest BCUT2D eigenvalue weighted by atomic mass is 9.82. The van der Waals surface area contributed by atoms with Crippen molar-refractivity contribution in [3.8, 4) is 17.6 Å². The Morgan fingerprint density at radius 2 is 1.92 bits per heavy atom. The number of ether oxygens (including phenoxy) is 2. The van der Waals surface area contributed by atoms with Gasteiger partial charge >= 0.3 is 0 Å². The Morgan fingerprint density at radius 1 is 1.21 bits per heavy atom. The molecule has 2 N–H and O–H groups in total. The number of carbonyl (C=O) groups excluding carboxylic acids is 1. The lowest BCUT2D eigenvalue weighted by Crippen LogP contribution is -2.52. The van der Waals surface area contributed by atoms with E-state index in [1.165, 1.54) is 0 Å². The maximum atomic E-state index is 12.5. The normalized spacial score (nSPS) is 19.7. The number of nitrogens with one attached hydrogen (secondary N) is 2. The molecule has 0 spiro atoms. The molecule has 1 fully saturated rings. The molecule has 1 atom stereocenters. The summed E-state index contributed by atoms with van der Waals surface area (Å²) in [6.45, 7) is 2.87. The number of anilines is 1. The molecule has 128 valence electrons. The molecule has 6 nitrogen and oxygen atoms in total. The maximum Gasteiger partial charge on any atom is 0.243 e. The zero-order chi connectivity index (χ0) is 17.0. The molecular weight excluding hydrogens is 306 g/mol. The van der Waals surface area contributed by atoms with Gasteiger partial charge in [0, 0.05) is 11.8 Å². The van der Waals surface area contributed by atoms with Crippen molar-refractivity contribution < 1.29 is 14.3 Å². The Labute approximate surface area is 142 Å².